The number of pyridine rings is 1. The van der Waals surface area contributed by atoms with Crippen LogP contribution in [0.4, 0.5) is 0 Å². The lowest BCUT2D eigenvalue weighted by atomic mass is 10.1. The summed E-state index contributed by atoms with van der Waals surface area (Å²) >= 11 is 0. The molecule has 14 heavy (non-hydrogen) atoms. The van der Waals surface area contributed by atoms with E-state index in [-0.39, 0.29) is 0 Å². The van der Waals surface area contributed by atoms with Gasteiger partial charge in [0.05, 0.1) is 17.1 Å². The number of rotatable bonds is 0. The molecule has 0 radical (unpaired) electrons. The zero-order valence-corrected chi connectivity index (χ0v) is 8.20. The maximum Gasteiger partial charge on any atom is 0.0999 e. The van der Waals surface area contributed by atoms with E-state index < -0.39 is 0 Å². The Balaban J connectivity index is 2.96. The summed E-state index contributed by atoms with van der Waals surface area (Å²) < 4.78 is 0. The summed E-state index contributed by atoms with van der Waals surface area (Å²) in [5, 5.41) is 9.92. The Morgan fingerprint density at radius 1 is 1.29 bits per heavy atom. The van der Waals surface area contributed by atoms with E-state index >= 15 is 0 Å². The van der Waals surface area contributed by atoms with Gasteiger partial charge in [0.1, 0.15) is 0 Å². The monoisotopic (exact) mass is 182 g/mol. The predicted octanol–water partition coefficient (Wildman–Crippen LogP) is 2.72. The largest absolute Gasteiger partial charge is 0.253 e. The molecule has 0 atom stereocenters. The fourth-order valence-corrected chi connectivity index (χ4v) is 1.61. The number of nitrogens with zero attached hydrogens (tertiary/aromatic N) is 2. The smallest absolute Gasteiger partial charge is 0.0999 e. The van der Waals surface area contributed by atoms with Gasteiger partial charge in [0.2, 0.25) is 0 Å². The van der Waals surface area contributed by atoms with E-state index in [9.17, 15) is 0 Å². The molecule has 0 saturated heterocycles. The lowest BCUT2D eigenvalue weighted by Crippen LogP contribution is -1.90. The molecule has 0 N–H and O–H groups in total. The summed E-state index contributed by atoms with van der Waals surface area (Å²) in [6.45, 7) is 3.92. The highest BCUT2D eigenvalue weighted by molar-refractivity contribution is 5.87. The molecular formula is C12H10N2. The van der Waals surface area contributed by atoms with Crippen LogP contribution in [0, 0.1) is 25.2 Å². The van der Waals surface area contributed by atoms with E-state index in [1.54, 1.807) is 0 Å². The van der Waals surface area contributed by atoms with E-state index in [0.29, 0.717) is 5.56 Å². The van der Waals surface area contributed by atoms with Crippen LogP contribution in [0.15, 0.2) is 24.3 Å². The Morgan fingerprint density at radius 3 is 2.79 bits per heavy atom. The first kappa shape index (κ1) is 8.71. The van der Waals surface area contributed by atoms with Crippen molar-refractivity contribution in [1.82, 2.24) is 4.98 Å². The number of aromatic nitrogens is 1. The SMILES string of the molecule is Cc1cc(C#N)c2cccc(C)c2n1. The maximum absolute atomic E-state index is 8.97. The molecule has 2 nitrogen and oxygen atoms in total. The molecule has 2 heteroatoms. The number of para-hydroxylation sites is 1. The van der Waals surface area contributed by atoms with Gasteiger partial charge in [-0.3, -0.25) is 4.98 Å². The Kier molecular flexibility index (Phi) is 1.94. The fraction of sp³-hybridized carbons (Fsp3) is 0.167. The number of benzene rings is 1. The molecular weight excluding hydrogens is 172 g/mol. The van der Waals surface area contributed by atoms with Crippen LogP contribution in [0.1, 0.15) is 16.8 Å². The zero-order valence-electron chi connectivity index (χ0n) is 8.20. The van der Waals surface area contributed by atoms with Gasteiger partial charge in [0.15, 0.2) is 0 Å². The van der Waals surface area contributed by atoms with Gasteiger partial charge in [-0.2, -0.15) is 5.26 Å². The van der Waals surface area contributed by atoms with Gasteiger partial charge in [-0.05, 0) is 25.5 Å². The Hall–Kier alpha value is -1.88. The van der Waals surface area contributed by atoms with Crippen molar-refractivity contribution < 1.29 is 0 Å². The van der Waals surface area contributed by atoms with Crippen LogP contribution in [0.5, 0.6) is 0 Å². The van der Waals surface area contributed by atoms with Gasteiger partial charge in [-0.15, -0.1) is 0 Å². The standard InChI is InChI=1S/C12H10N2/c1-8-4-3-5-11-10(7-13)6-9(2)14-12(8)11/h3-6H,1-2H3. The Morgan fingerprint density at radius 2 is 2.07 bits per heavy atom. The Bertz CT molecular complexity index is 536. The topological polar surface area (TPSA) is 36.7 Å². The van der Waals surface area contributed by atoms with E-state index in [1.807, 2.05) is 38.1 Å². The highest BCUT2D eigenvalue weighted by Crippen LogP contribution is 2.20. The molecule has 68 valence electrons. The second-order valence-electron chi connectivity index (χ2n) is 3.39. The second-order valence-corrected chi connectivity index (χ2v) is 3.39. The van der Waals surface area contributed by atoms with E-state index in [1.165, 1.54) is 0 Å². The molecule has 0 aliphatic carbocycles. The summed E-state index contributed by atoms with van der Waals surface area (Å²) in [4.78, 5) is 4.43. The van der Waals surface area contributed by atoms with Crippen molar-refractivity contribution in [3.05, 3.63) is 41.1 Å². The van der Waals surface area contributed by atoms with Gasteiger partial charge < -0.3 is 0 Å². The van der Waals surface area contributed by atoms with Crippen LogP contribution >= 0.6 is 0 Å². The molecule has 0 aliphatic rings. The average molecular weight is 182 g/mol. The Labute approximate surface area is 82.8 Å². The van der Waals surface area contributed by atoms with Crippen LogP contribution in [-0.2, 0) is 0 Å². The number of nitriles is 1. The number of hydrogen-bond acceptors (Lipinski definition) is 2. The molecule has 0 aliphatic heterocycles. The molecule has 1 aromatic carbocycles. The van der Waals surface area contributed by atoms with Gasteiger partial charge in [-0.25, -0.2) is 0 Å². The lowest BCUT2D eigenvalue weighted by molar-refractivity contribution is 1.23. The highest BCUT2D eigenvalue weighted by atomic mass is 14.7. The van der Waals surface area contributed by atoms with Gasteiger partial charge in [-0.1, -0.05) is 18.2 Å². The predicted molar refractivity (Wildman–Crippen MR) is 55.9 cm³/mol. The first-order valence-electron chi connectivity index (χ1n) is 4.49. The van der Waals surface area contributed by atoms with Crippen LogP contribution in [0.25, 0.3) is 10.9 Å². The molecule has 2 rings (SSSR count). The van der Waals surface area contributed by atoms with Crippen LogP contribution in [0.3, 0.4) is 0 Å². The average Bonchev–Trinajstić information content (AvgIpc) is 2.18. The summed E-state index contributed by atoms with van der Waals surface area (Å²) in [5.74, 6) is 0. The molecule has 0 amide bonds. The molecule has 1 heterocycles. The third-order valence-corrected chi connectivity index (χ3v) is 2.29. The summed E-state index contributed by atoms with van der Waals surface area (Å²) in [6.07, 6.45) is 0. The van der Waals surface area contributed by atoms with Crippen LogP contribution in [0.2, 0.25) is 0 Å². The van der Waals surface area contributed by atoms with Crippen LogP contribution < -0.4 is 0 Å². The van der Waals surface area contributed by atoms with Crippen molar-refractivity contribution in [1.29, 1.82) is 5.26 Å². The van der Waals surface area contributed by atoms with Crippen LogP contribution in [-0.4, -0.2) is 4.98 Å². The molecule has 0 fully saturated rings. The second kappa shape index (κ2) is 3.12. The third-order valence-electron chi connectivity index (χ3n) is 2.29. The van der Waals surface area contributed by atoms with E-state index in [2.05, 4.69) is 11.1 Å². The fourth-order valence-electron chi connectivity index (χ4n) is 1.61. The molecule has 0 unspecified atom stereocenters. The maximum atomic E-state index is 8.97. The number of aryl methyl sites for hydroxylation is 2. The molecule has 0 bridgehead atoms. The summed E-state index contributed by atoms with van der Waals surface area (Å²) in [7, 11) is 0. The van der Waals surface area contributed by atoms with Crippen molar-refractivity contribution in [2.24, 2.45) is 0 Å². The lowest BCUT2D eigenvalue weighted by Gasteiger charge is -2.03. The highest BCUT2D eigenvalue weighted by Gasteiger charge is 2.04. The van der Waals surface area contributed by atoms with Crippen molar-refractivity contribution in [2.45, 2.75) is 13.8 Å². The minimum atomic E-state index is 0.705. The zero-order chi connectivity index (χ0) is 10.1. The molecule has 0 spiro atoms. The van der Waals surface area contributed by atoms with Crippen molar-refractivity contribution >= 4 is 10.9 Å². The number of fused-ring (bicyclic) bond motifs is 1. The van der Waals surface area contributed by atoms with Crippen molar-refractivity contribution in [3.8, 4) is 6.07 Å². The van der Waals surface area contributed by atoms with Crippen molar-refractivity contribution in [2.75, 3.05) is 0 Å². The first-order valence-corrected chi connectivity index (χ1v) is 4.49. The van der Waals surface area contributed by atoms with Crippen molar-refractivity contribution in [3.63, 3.8) is 0 Å². The molecule has 2 aromatic rings. The quantitative estimate of drug-likeness (QED) is 0.628. The summed E-state index contributed by atoms with van der Waals surface area (Å²) in [5.41, 5.74) is 3.64. The normalized spacial score (nSPS) is 10.1. The van der Waals surface area contributed by atoms with Gasteiger partial charge in [0, 0.05) is 11.1 Å². The minimum absolute atomic E-state index is 0.705. The van der Waals surface area contributed by atoms with Gasteiger partial charge >= 0.3 is 0 Å². The number of hydrogen-bond donors (Lipinski definition) is 0. The molecule has 1 aromatic heterocycles. The van der Waals surface area contributed by atoms with E-state index in [0.717, 1.165) is 22.2 Å². The third kappa shape index (κ3) is 1.23. The van der Waals surface area contributed by atoms with Gasteiger partial charge in [0.25, 0.3) is 0 Å². The minimum Gasteiger partial charge on any atom is -0.253 e. The first-order chi connectivity index (χ1) is 6.72. The molecule has 0 saturated carbocycles. The summed E-state index contributed by atoms with van der Waals surface area (Å²) in [6, 6.07) is 9.92. The van der Waals surface area contributed by atoms with E-state index in [4.69, 9.17) is 5.26 Å².